The molecular weight excluding hydrogens is 435 g/mol. The molecule has 0 fully saturated rings. The first-order valence-corrected chi connectivity index (χ1v) is 10.9. The fourth-order valence-electron chi connectivity index (χ4n) is 3.82. The molecule has 0 saturated carbocycles. The highest BCUT2D eigenvalue weighted by atomic mass is 31.1. The summed E-state index contributed by atoms with van der Waals surface area (Å²) in [5.41, 5.74) is -2.38. The van der Waals surface area contributed by atoms with Crippen molar-refractivity contribution in [1.29, 1.82) is 0 Å². The van der Waals surface area contributed by atoms with Gasteiger partial charge < -0.3 is 0 Å². The first kappa shape index (κ1) is 22.0. The summed E-state index contributed by atoms with van der Waals surface area (Å²) < 4.78 is 23.7. The van der Waals surface area contributed by atoms with Crippen LogP contribution < -0.4 is 0 Å². The van der Waals surface area contributed by atoms with Gasteiger partial charge in [-0.15, -0.1) is 0 Å². The van der Waals surface area contributed by atoms with Gasteiger partial charge >= 0.3 is 8.25 Å². The second-order valence-electron chi connectivity index (χ2n) is 8.28. The molecule has 4 amide bonds. The van der Waals surface area contributed by atoms with Crippen LogP contribution in [0.5, 0.6) is 0 Å². The van der Waals surface area contributed by atoms with Crippen LogP contribution in [-0.4, -0.2) is 44.9 Å². The number of amides is 4. The molecule has 0 spiro atoms. The monoisotopic (exact) mass is 455 g/mol. The van der Waals surface area contributed by atoms with Gasteiger partial charge in [-0.25, -0.2) is 9.80 Å². The van der Waals surface area contributed by atoms with Crippen molar-refractivity contribution in [1.82, 2.24) is 9.80 Å². The topological polar surface area (TPSA) is 110 Å². The Kier molecular flexibility index (Phi) is 5.08. The van der Waals surface area contributed by atoms with Crippen LogP contribution in [0.3, 0.4) is 0 Å². The van der Waals surface area contributed by atoms with Crippen molar-refractivity contribution in [3.8, 4) is 0 Å². The lowest BCUT2D eigenvalue weighted by Crippen LogP contribution is -2.50. The minimum absolute atomic E-state index is 0.219. The third kappa shape index (κ3) is 3.35. The zero-order valence-electron chi connectivity index (χ0n) is 17.8. The van der Waals surface area contributed by atoms with E-state index in [9.17, 15) is 23.7 Å². The van der Waals surface area contributed by atoms with Crippen LogP contribution in [0.1, 0.15) is 69.1 Å². The standard InChI is InChI=1S/C22H20N2O7P/c1-21(2,23-17(25)13-9-5-6-10-14(13)18(23)26)30-32(29)31-22(3,4)24-19(27)15-11-7-8-12-16(15)20(24)28/h5-12H,1-4H3/q+1. The molecule has 0 bridgehead atoms. The van der Waals surface area contributed by atoms with Crippen LogP contribution in [0, 0.1) is 0 Å². The lowest BCUT2D eigenvalue weighted by molar-refractivity contribution is -0.0563. The van der Waals surface area contributed by atoms with Crippen LogP contribution >= 0.6 is 8.25 Å². The number of nitrogens with zero attached hydrogens (tertiary/aromatic N) is 2. The molecule has 0 aliphatic carbocycles. The van der Waals surface area contributed by atoms with E-state index in [-0.39, 0.29) is 22.3 Å². The second kappa shape index (κ2) is 7.41. The number of benzene rings is 2. The molecule has 4 rings (SSSR count). The molecule has 10 heteroatoms. The zero-order chi connectivity index (χ0) is 23.4. The van der Waals surface area contributed by atoms with E-state index >= 15 is 0 Å². The van der Waals surface area contributed by atoms with Crippen molar-refractivity contribution < 1.29 is 32.8 Å². The predicted molar refractivity (Wildman–Crippen MR) is 112 cm³/mol. The summed E-state index contributed by atoms with van der Waals surface area (Å²) in [5.74, 6) is -2.34. The summed E-state index contributed by atoms with van der Waals surface area (Å²) >= 11 is 0. The molecule has 164 valence electrons. The number of carbonyl (C=O) groups is 4. The van der Waals surface area contributed by atoms with Gasteiger partial charge in [-0.3, -0.25) is 19.2 Å². The van der Waals surface area contributed by atoms with E-state index in [1.165, 1.54) is 52.0 Å². The Morgan fingerprint density at radius 3 is 1.09 bits per heavy atom. The Morgan fingerprint density at radius 2 is 0.844 bits per heavy atom. The molecule has 2 heterocycles. The van der Waals surface area contributed by atoms with Crippen LogP contribution in [-0.2, 0) is 13.6 Å². The van der Waals surface area contributed by atoms with Crippen LogP contribution in [0.15, 0.2) is 48.5 Å². The molecule has 2 aromatic rings. The van der Waals surface area contributed by atoms with Gasteiger partial charge in [0.05, 0.1) is 22.3 Å². The van der Waals surface area contributed by atoms with E-state index in [4.69, 9.17) is 9.05 Å². The maximum atomic E-state index is 12.8. The lowest BCUT2D eigenvalue weighted by atomic mass is 10.1. The Hall–Kier alpha value is -3.26. The largest absolute Gasteiger partial charge is 0.702 e. The minimum atomic E-state index is -2.96. The third-order valence-electron chi connectivity index (χ3n) is 5.26. The number of imide groups is 2. The van der Waals surface area contributed by atoms with Gasteiger partial charge in [0.2, 0.25) is 11.4 Å². The minimum Gasteiger partial charge on any atom is -0.268 e. The van der Waals surface area contributed by atoms with Crippen molar-refractivity contribution in [2.75, 3.05) is 0 Å². The van der Waals surface area contributed by atoms with Gasteiger partial charge in [-0.1, -0.05) is 33.3 Å². The molecule has 2 aromatic carbocycles. The highest BCUT2D eigenvalue weighted by Gasteiger charge is 2.54. The van der Waals surface area contributed by atoms with E-state index in [1.54, 1.807) is 24.3 Å². The molecule has 0 saturated heterocycles. The van der Waals surface area contributed by atoms with Crippen molar-refractivity contribution >= 4 is 31.9 Å². The Bertz CT molecular complexity index is 1040. The third-order valence-corrected chi connectivity index (χ3v) is 6.45. The number of hydrogen-bond donors (Lipinski definition) is 0. The van der Waals surface area contributed by atoms with Gasteiger partial charge in [-0.2, -0.15) is 0 Å². The molecule has 0 unspecified atom stereocenters. The summed E-state index contributed by atoms with van der Waals surface area (Å²) in [6, 6.07) is 12.6. The lowest BCUT2D eigenvalue weighted by Gasteiger charge is -2.30. The Labute approximate surface area is 184 Å². The highest BCUT2D eigenvalue weighted by molar-refractivity contribution is 7.33. The fraction of sp³-hybridized carbons (Fsp3) is 0.273. The summed E-state index contributed by atoms with van der Waals surface area (Å²) in [5, 5.41) is 0. The smallest absolute Gasteiger partial charge is 0.268 e. The Balaban J connectivity index is 1.51. The van der Waals surface area contributed by atoms with Gasteiger partial charge in [0.1, 0.15) is 0 Å². The number of fused-ring (bicyclic) bond motifs is 2. The molecule has 2 aliphatic heterocycles. The predicted octanol–water partition coefficient (Wildman–Crippen LogP) is 3.74. The average molecular weight is 455 g/mol. The average Bonchev–Trinajstić information content (AvgIpc) is 3.13. The normalized spacial score (nSPS) is 16.0. The quantitative estimate of drug-likeness (QED) is 0.482. The fourth-order valence-corrected chi connectivity index (χ4v) is 4.75. The van der Waals surface area contributed by atoms with Gasteiger partial charge in [-0.05, 0) is 52.0 Å². The molecule has 0 N–H and O–H groups in total. The number of hydrogen-bond acceptors (Lipinski definition) is 7. The second-order valence-corrected chi connectivity index (χ2v) is 9.09. The number of carbonyl (C=O) groups excluding carboxylic acids is 4. The molecule has 2 aliphatic rings. The summed E-state index contributed by atoms with van der Waals surface area (Å²) in [7, 11) is -2.96. The van der Waals surface area contributed by atoms with Gasteiger partial charge in [0.15, 0.2) is 0 Å². The van der Waals surface area contributed by atoms with Crippen molar-refractivity contribution in [3.05, 3.63) is 70.8 Å². The molecule has 0 radical (unpaired) electrons. The summed E-state index contributed by atoms with van der Waals surface area (Å²) in [6.07, 6.45) is 0. The molecule has 0 atom stereocenters. The first-order chi connectivity index (χ1) is 15.0. The molecular formula is C22H20N2O7P+. The first-order valence-electron chi connectivity index (χ1n) is 9.77. The maximum absolute atomic E-state index is 12.8. The van der Waals surface area contributed by atoms with Crippen LogP contribution in [0.4, 0.5) is 0 Å². The van der Waals surface area contributed by atoms with Crippen LogP contribution in [0.2, 0.25) is 0 Å². The van der Waals surface area contributed by atoms with Crippen molar-refractivity contribution in [2.45, 2.75) is 39.1 Å². The molecule has 32 heavy (non-hydrogen) atoms. The van der Waals surface area contributed by atoms with E-state index in [1.807, 2.05) is 0 Å². The van der Waals surface area contributed by atoms with Crippen molar-refractivity contribution in [3.63, 3.8) is 0 Å². The van der Waals surface area contributed by atoms with E-state index in [2.05, 4.69) is 0 Å². The summed E-state index contributed by atoms with van der Waals surface area (Å²) in [4.78, 5) is 52.7. The zero-order valence-corrected chi connectivity index (χ0v) is 18.7. The SMILES string of the molecule is CC(C)(O[P+](=O)OC(C)(C)N1C(=O)c2ccccc2C1=O)N1C(=O)c2ccccc2C1=O. The maximum Gasteiger partial charge on any atom is 0.702 e. The highest BCUT2D eigenvalue weighted by Crippen LogP contribution is 2.42. The van der Waals surface area contributed by atoms with Crippen molar-refractivity contribution in [2.24, 2.45) is 0 Å². The van der Waals surface area contributed by atoms with E-state index in [0.717, 1.165) is 9.80 Å². The number of rotatable bonds is 6. The molecule has 9 nitrogen and oxygen atoms in total. The van der Waals surface area contributed by atoms with Crippen LogP contribution in [0.25, 0.3) is 0 Å². The van der Waals surface area contributed by atoms with Gasteiger partial charge in [0, 0.05) is 4.57 Å². The van der Waals surface area contributed by atoms with E-state index in [0.29, 0.717) is 0 Å². The van der Waals surface area contributed by atoms with E-state index < -0.39 is 43.3 Å². The summed E-state index contributed by atoms with van der Waals surface area (Å²) in [6.45, 7) is 5.61. The molecule has 0 aromatic heterocycles. The Morgan fingerprint density at radius 1 is 0.594 bits per heavy atom. The van der Waals surface area contributed by atoms with Gasteiger partial charge in [0.25, 0.3) is 23.6 Å².